The third kappa shape index (κ3) is 21.3. The predicted molar refractivity (Wildman–Crippen MR) is 431 cm³/mol. The number of hydrogen-bond acceptors (Lipinski definition) is 16. The zero-order chi connectivity index (χ0) is 81.6. The summed E-state index contributed by atoms with van der Waals surface area (Å²) in [5, 5.41) is 12.0. The lowest BCUT2D eigenvalue weighted by molar-refractivity contribution is -0.139. The molecule has 0 amide bonds. The molecule has 12 aromatic rings. The molecule has 113 heavy (non-hydrogen) atoms. The van der Waals surface area contributed by atoms with Gasteiger partial charge in [0.05, 0.1) is 33.0 Å². The molecule has 0 aromatic heterocycles. The lowest BCUT2D eigenvalue weighted by Crippen LogP contribution is -2.09. The van der Waals surface area contributed by atoms with Crippen LogP contribution in [0.3, 0.4) is 0 Å². The van der Waals surface area contributed by atoms with E-state index in [2.05, 4.69) is 52.6 Å². The van der Waals surface area contributed by atoms with Crippen LogP contribution in [0.15, 0.2) is 270 Å². The monoisotopic (exact) mass is 1530 g/mol. The standard InChI is InChI=1S/C25H23FO4.2C23H19FO4.C22H17FO4/c1-4-23(27)29-14-12-18-6-9-21-20-8-5-17(11-13-30-25(28)16(2)3)15-19(20)7-10-22(21)24(18)26;1-4-21(25)28-20-10-9-18-17-7-5-15(11-12-27-23(26)14(2)3)13-16(17)6-8-19(18)22(20)24;1-4-21(25)27-12-11-15-5-7-17-16(13-15)6-8-19-18(17)9-10-20(22(19)24)28-23(26)14(2)3;1-3-20(24)26-12-11-14-5-7-16-15(13-14)6-8-18-17(16)9-10-19(22(18)23)27-21(25)4-2/h4-10,15H,1-2,11-14H2,3H3;2*4-10,13H,1-2,11-12H2,3H3;3-10,13H,1-2,11-12H2. The predicted octanol–water partition coefficient (Wildman–Crippen LogP) is 19.3. The van der Waals surface area contributed by atoms with Crippen molar-refractivity contribution in [2.75, 3.05) is 33.0 Å². The number of rotatable bonds is 26. The number of carbonyl (C=O) groups excluding carboxylic acids is 8. The first-order valence-corrected chi connectivity index (χ1v) is 35.4. The van der Waals surface area contributed by atoms with Crippen LogP contribution in [0.1, 0.15) is 48.6 Å². The van der Waals surface area contributed by atoms with Crippen LogP contribution in [-0.2, 0) is 94.1 Å². The van der Waals surface area contributed by atoms with Gasteiger partial charge in [-0.1, -0.05) is 186 Å². The van der Waals surface area contributed by atoms with Crippen molar-refractivity contribution in [3.8, 4) is 17.2 Å². The summed E-state index contributed by atoms with van der Waals surface area (Å²) in [6.07, 6.45) is 7.89. The van der Waals surface area contributed by atoms with Gasteiger partial charge in [0, 0.05) is 101 Å². The first kappa shape index (κ1) is 83.2. The summed E-state index contributed by atoms with van der Waals surface area (Å²) in [7, 11) is 0. The van der Waals surface area contributed by atoms with Gasteiger partial charge in [-0.3, -0.25) is 0 Å². The third-order valence-electron chi connectivity index (χ3n) is 17.7. The van der Waals surface area contributed by atoms with Crippen molar-refractivity contribution < 1.29 is 93.8 Å². The van der Waals surface area contributed by atoms with Gasteiger partial charge in [0.2, 0.25) is 0 Å². The van der Waals surface area contributed by atoms with Crippen molar-refractivity contribution in [3.05, 3.63) is 321 Å². The van der Waals surface area contributed by atoms with Crippen LogP contribution in [0, 0.1) is 23.3 Å². The molecule has 12 aromatic carbocycles. The molecule has 20 heteroatoms. The second kappa shape index (κ2) is 39.0. The van der Waals surface area contributed by atoms with Gasteiger partial charge in [-0.2, -0.15) is 0 Å². The number of benzene rings is 12. The molecule has 0 N–H and O–H groups in total. The molecule has 0 spiro atoms. The van der Waals surface area contributed by atoms with E-state index in [1.165, 1.54) is 25.1 Å². The summed E-state index contributed by atoms with van der Waals surface area (Å²) in [5.41, 5.74) is 5.45. The molecule has 12 rings (SSSR count). The Morgan fingerprint density at radius 1 is 0.274 bits per heavy atom. The van der Waals surface area contributed by atoms with Crippen LogP contribution in [-0.4, -0.2) is 80.8 Å². The van der Waals surface area contributed by atoms with Gasteiger partial charge in [-0.15, -0.1) is 0 Å². The fourth-order valence-electron chi connectivity index (χ4n) is 11.9. The van der Waals surface area contributed by atoms with E-state index in [-0.39, 0.29) is 61.7 Å². The number of esters is 8. The lowest BCUT2D eigenvalue weighted by Gasteiger charge is -2.11. The molecule has 0 heterocycles. The Labute approximate surface area is 648 Å². The molecule has 0 fully saturated rings. The Kier molecular flexibility index (Phi) is 28.7. The third-order valence-corrected chi connectivity index (χ3v) is 17.7. The van der Waals surface area contributed by atoms with E-state index in [1.54, 1.807) is 68.4 Å². The summed E-state index contributed by atoms with van der Waals surface area (Å²) in [6.45, 7) is 33.1. The maximum absolute atomic E-state index is 15.0. The molecular weight excluding hydrogens is 1450 g/mol. The smallest absolute Gasteiger partial charge is 0.338 e. The van der Waals surface area contributed by atoms with Crippen LogP contribution in [0.5, 0.6) is 17.2 Å². The van der Waals surface area contributed by atoms with E-state index in [9.17, 15) is 55.9 Å². The van der Waals surface area contributed by atoms with Gasteiger partial charge in [0.1, 0.15) is 5.82 Å². The number of halogens is 4. The quantitative estimate of drug-likeness (QED) is 0.0123. The first-order valence-electron chi connectivity index (χ1n) is 35.4. The molecule has 0 aliphatic heterocycles. The van der Waals surface area contributed by atoms with E-state index in [0.29, 0.717) is 81.1 Å². The minimum absolute atomic E-state index is 0.0974. The van der Waals surface area contributed by atoms with Gasteiger partial charge in [0.25, 0.3) is 0 Å². The van der Waals surface area contributed by atoms with Crippen LogP contribution < -0.4 is 14.2 Å². The number of ether oxygens (including phenoxy) is 8. The zero-order valence-electron chi connectivity index (χ0n) is 62.3. The molecule has 0 atom stereocenters. The second-order valence-electron chi connectivity index (χ2n) is 25.7. The highest BCUT2D eigenvalue weighted by Crippen LogP contribution is 2.37. The molecule has 16 nitrogen and oxygen atoms in total. The fraction of sp³-hybridized carbons (Fsp3) is 0.140. The molecule has 0 radical (unpaired) electrons. The van der Waals surface area contributed by atoms with Crippen molar-refractivity contribution in [3.63, 3.8) is 0 Å². The van der Waals surface area contributed by atoms with E-state index in [1.807, 2.05) is 97.1 Å². The van der Waals surface area contributed by atoms with Crippen LogP contribution in [0.25, 0.3) is 86.2 Å². The average Bonchev–Trinajstić information content (AvgIpc) is 0.788. The summed E-state index contributed by atoms with van der Waals surface area (Å²) >= 11 is 0. The Hall–Kier alpha value is -13.9. The number of fused-ring (bicyclic) bond motifs is 12. The Morgan fingerprint density at radius 3 is 0.814 bits per heavy atom. The van der Waals surface area contributed by atoms with Gasteiger partial charge >= 0.3 is 47.8 Å². The van der Waals surface area contributed by atoms with Crippen LogP contribution in [0.2, 0.25) is 0 Å². The highest BCUT2D eigenvalue weighted by atomic mass is 19.1. The Bertz CT molecular complexity index is 5870. The lowest BCUT2D eigenvalue weighted by atomic mass is 9.97. The van der Waals surface area contributed by atoms with Crippen molar-refractivity contribution in [1.29, 1.82) is 0 Å². The van der Waals surface area contributed by atoms with Gasteiger partial charge in [0.15, 0.2) is 34.7 Å². The van der Waals surface area contributed by atoms with Crippen molar-refractivity contribution in [2.45, 2.75) is 52.9 Å². The second-order valence-corrected chi connectivity index (χ2v) is 25.7. The van der Waals surface area contributed by atoms with Crippen molar-refractivity contribution >= 4 is 134 Å². The molecule has 0 saturated heterocycles. The molecule has 0 saturated carbocycles. The summed E-state index contributed by atoms with van der Waals surface area (Å²) in [6, 6.07) is 50.4. The largest absolute Gasteiger partial charge is 0.462 e. The van der Waals surface area contributed by atoms with Gasteiger partial charge in [-0.25, -0.2) is 55.9 Å². The van der Waals surface area contributed by atoms with Gasteiger partial charge < -0.3 is 37.9 Å². The Morgan fingerprint density at radius 2 is 0.522 bits per heavy atom. The summed E-state index contributed by atoms with van der Waals surface area (Å²) in [5.74, 6) is -6.79. The molecule has 0 unspecified atom stereocenters. The fourth-order valence-corrected chi connectivity index (χ4v) is 11.9. The Balaban J connectivity index is 0.000000173. The van der Waals surface area contributed by atoms with E-state index in [0.717, 1.165) is 106 Å². The van der Waals surface area contributed by atoms with Crippen LogP contribution in [0.4, 0.5) is 17.6 Å². The van der Waals surface area contributed by atoms with E-state index >= 15 is 0 Å². The number of carbonyl (C=O) groups is 8. The molecule has 0 bridgehead atoms. The highest BCUT2D eigenvalue weighted by molar-refractivity contribution is 6.12. The first-order chi connectivity index (χ1) is 54.2. The summed E-state index contributed by atoms with van der Waals surface area (Å²) < 4.78 is 99.3. The van der Waals surface area contributed by atoms with E-state index in [4.69, 9.17) is 37.9 Å². The summed E-state index contributed by atoms with van der Waals surface area (Å²) in [4.78, 5) is 90.6. The van der Waals surface area contributed by atoms with E-state index < -0.39 is 65.2 Å². The normalized spacial score (nSPS) is 10.6. The average molecular weight is 1530 g/mol. The molecular formula is C93H78F4O16. The highest BCUT2D eigenvalue weighted by Gasteiger charge is 2.19. The van der Waals surface area contributed by atoms with Gasteiger partial charge in [-0.05, 0) is 150 Å². The molecule has 574 valence electrons. The topological polar surface area (TPSA) is 210 Å². The SMILES string of the molecule is C=CC(=O)OCCc1ccc2c(ccc3c(F)c(OC(=O)C(=C)C)ccc32)c1.C=CC(=O)OCCc1ccc2c(ccc3c(F)c(OC(=O)C=C)ccc32)c1.C=CC(=O)OCCc1ccc2c(ccc3cc(CCOC(=O)C(=C)C)ccc32)c1F.C=CC(=O)Oc1ccc2c(ccc3cc(CCOC(=O)C(=C)C)ccc32)c1F. The maximum atomic E-state index is 15.0. The van der Waals surface area contributed by atoms with Crippen LogP contribution >= 0.6 is 0 Å². The van der Waals surface area contributed by atoms with Crippen molar-refractivity contribution in [2.24, 2.45) is 0 Å². The minimum Gasteiger partial charge on any atom is -0.462 e. The number of hydrogen-bond donors (Lipinski definition) is 0. The molecule has 0 aliphatic carbocycles. The molecule has 0 aliphatic rings. The van der Waals surface area contributed by atoms with Crippen molar-refractivity contribution in [1.82, 2.24) is 0 Å². The zero-order valence-corrected chi connectivity index (χ0v) is 62.3. The maximum Gasteiger partial charge on any atom is 0.338 e. The minimum atomic E-state index is -0.712.